The van der Waals surface area contributed by atoms with E-state index >= 15 is 0 Å². The summed E-state index contributed by atoms with van der Waals surface area (Å²) in [6, 6.07) is 0. The Balaban J connectivity index is 5.61. The molecule has 0 spiro atoms. The van der Waals surface area contributed by atoms with Crippen molar-refractivity contribution in [3.63, 3.8) is 0 Å². The third kappa shape index (κ3) is 7.95. The topological polar surface area (TPSA) is 9.23 Å². The van der Waals surface area contributed by atoms with Crippen LogP contribution in [0.1, 0.15) is 39.0 Å². The number of alkyl halides is 14. The number of unbranched alkanes of at least 4 members (excludes halogenated alkanes) is 4. The fourth-order valence-electron chi connectivity index (χ4n) is 2.22. The summed E-state index contributed by atoms with van der Waals surface area (Å²) in [4.78, 5) is 0. The molecule has 0 rings (SSSR count). The Morgan fingerprint density at radius 1 is 0.548 bits per heavy atom. The minimum atomic E-state index is -6.82. The van der Waals surface area contributed by atoms with E-state index in [4.69, 9.17) is 0 Å². The van der Waals surface area contributed by atoms with Crippen LogP contribution in [0.2, 0.25) is 8.87 Å². The van der Waals surface area contributed by atoms with E-state index in [9.17, 15) is 61.5 Å². The molecule has 1 nitrogen and oxygen atoms in total. The van der Waals surface area contributed by atoms with Gasteiger partial charge in [-0.15, -0.1) is 0 Å². The fourth-order valence-corrected chi connectivity index (χ4v) is 8.49. The molecule has 0 aliphatic rings. The normalized spacial score (nSPS) is 15.1. The first-order valence-corrected chi connectivity index (χ1v) is 14.0. The van der Waals surface area contributed by atoms with Crippen LogP contribution in [0.3, 0.4) is 0 Å². The van der Waals surface area contributed by atoms with Gasteiger partial charge in [0.2, 0.25) is 0 Å². The molecule has 0 N–H and O–H groups in total. The average Bonchev–Trinajstić information content (AvgIpc) is 2.54. The van der Waals surface area contributed by atoms with Crippen molar-refractivity contribution in [3.8, 4) is 0 Å². The monoisotopic (exact) mass is 601 g/mol. The molecule has 0 saturated heterocycles. The molecule has 0 aliphatic heterocycles. The Kier molecular flexibility index (Phi) is 10.7. The van der Waals surface area contributed by atoms with Crippen LogP contribution in [-0.4, -0.2) is 62.8 Å². The zero-order valence-electron chi connectivity index (χ0n) is 15.9. The summed E-state index contributed by atoms with van der Waals surface area (Å²) in [5.41, 5.74) is 0. The summed E-state index contributed by atoms with van der Waals surface area (Å²) in [5.74, 6) is -25.5. The van der Waals surface area contributed by atoms with Crippen LogP contribution in [-0.2, 0) is 3.07 Å². The molecule has 0 aromatic carbocycles. The minimum absolute atomic E-state index is 0.0630. The van der Waals surface area contributed by atoms with Gasteiger partial charge in [-0.3, -0.25) is 0 Å². The average molecular weight is 600 g/mol. The molecule has 16 heteroatoms. The molecular formula is C15H19F14OSn. The van der Waals surface area contributed by atoms with Crippen LogP contribution in [0, 0.1) is 0 Å². The Labute approximate surface area is 175 Å². The van der Waals surface area contributed by atoms with E-state index in [0.717, 1.165) is 6.42 Å². The van der Waals surface area contributed by atoms with Crippen LogP contribution in [0.15, 0.2) is 0 Å². The van der Waals surface area contributed by atoms with Crippen molar-refractivity contribution in [1.82, 2.24) is 0 Å². The van der Waals surface area contributed by atoms with Gasteiger partial charge in [-0.25, -0.2) is 0 Å². The van der Waals surface area contributed by atoms with Gasteiger partial charge in [-0.1, -0.05) is 0 Å². The van der Waals surface area contributed by atoms with Gasteiger partial charge < -0.3 is 0 Å². The zero-order valence-corrected chi connectivity index (χ0v) is 18.7. The Bertz CT molecular complexity index is 503. The second kappa shape index (κ2) is 10.8. The fraction of sp³-hybridized carbons (Fsp3) is 1.00. The van der Waals surface area contributed by atoms with Crippen molar-refractivity contribution in [1.29, 1.82) is 0 Å². The van der Waals surface area contributed by atoms with E-state index in [0.29, 0.717) is 19.3 Å². The number of hydrogen-bond donors (Lipinski definition) is 0. The summed E-state index contributed by atoms with van der Waals surface area (Å²) < 4.78 is 179. The summed E-state index contributed by atoms with van der Waals surface area (Å²) in [7, 11) is 0. The molecule has 0 saturated carbocycles. The predicted molar refractivity (Wildman–Crippen MR) is 82.0 cm³/mol. The van der Waals surface area contributed by atoms with Gasteiger partial charge in [0.25, 0.3) is 0 Å². The Morgan fingerprint density at radius 3 is 1.23 bits per heavy atom. The summed E-state index contributed by atoms with van der Waals surface area (Å²) >= 11 is -5.55. The first kappa shape index (κ1) is 30.8. The van der Waals surface area contributed by atoms with Crippen LogP contribution in [0.4, 0.5) is 61.5 Å². The van der Waals surface area contributed by atoms with Gasteiger partial charge in [-0.05, 0) is 0 Å². The predicted octanol–water partition coefficient (Wildman–Crippen LogP) is 7.63. The zero-order chi connectivity index (χ0) is 24.9. The van der Waals surface area contributed by atoms with Crippen molar-refractivity contribution in [3.05, 3.63) is 0 Å². The Hall–Kier alpha value is -0.221. The van der Waals surface area contributed by atoms with Crippen molar-refractivity contribution < 1.29 is 64.5 Å². The number of rotatable bonds is 13. The van der Waals surface area contributed by atoms with Crippen molar-refractivity contribution >= 4 is 20.2 Å². The second-order valence-corrected chi connectivity index (χ2v) is 12.6. The van der Waals surface area contributed by atoms with E-state index in [1.165, 1.54) is 0 Å². The van der Waals surface area contributed by atoms with E-state index in [1.807, 2.05) is 0 Å². The summed E-state index contributed by atoms with van der Waals surface area (Å²) in [6.45, 7) is 1.08. The maximum absolute atomic E-state index is 13.6. The quantitative estimate of drug-likeness (QED) is 0.120. The molecule has 0 unspecified atom stereocenters. The van der Waals surface area contributed by atoms with Crippen LogP contribution in [0.25, 0.3) is 0 Å². The van der Waals surface area contributed by atoms with Crippen LogP contribution >= 0.6 is 0 Å². The molecule has 0 heterocycles. The van der Waals surface area contributed by atoms with Gasteiger partial charge in [-0.2, -0.15) is 0 Å². The van der Waals surface area contributed by atoms with Crippen LogP contribution < -0.4 is 0 Å². The molecule has 0 atom stereocenters. The maximum atomic E-state index is 13.6. The van der Waals surface area contributed by atoms with E-state index < -0.39 is 71.7 Å². The molecule has 0 fully saturated rings. The first-order valence-electron chi connectivity index (χ1n) is 8.76. The molecule has 0 aromatic rings. The van der Waals surface area contributed by atoms with Gasteiger partial charge in [0.05, 0.1) is 0 Å². The van der Waals surface area contributed by atoms with Crippen LogP contribution in [0.5, 0.6) is 0 Å². The van der Waals surface area contributed by atoms with Crippen molar-refractivity contribution in [2.45, 2.75) is 83.9 Å². The third-order valence-electron chi connectivity index (χ3n) is 4.02. The summed E-state index contributed by atoms with van der Waals surface area (Å²) in [6.07, 6.45) is -11.5. The third-order valence-corrected chi connectivity index (χ3v) is 10.6. The number of hydrogen-bond acceptors (Lipinski definition) is 1. The number of halogens is 14. The van der Waals surface area contributed by atoms with E-state index in [2.05, 4.69) is 3.07 Å². The molecule has 0 bridgehead atoms. The van der Waals surface area contributed by atoms with E-state index in [-0.39, 0.29) is 6.42 Å². The standard InChI is InChI=1S/C7H15O.2C4H2F7.Sn/c1-2-3-4-5-6-7-8;2*1-2(5,6)3(7,8)4(9,10)11;/h2-7H2,1H3;2*1H2;/q-1;;;+1. The molecule has 187 valence electrons. The van der Waals surface area contributed by atoms with Gasteiger partial charge in [0.15, 0.2) is 0 Å². The molecule has 0 amide bonds. The Morgan fingerprint density at radius 2 is 0.903 bits per heavy atom. The van der Waals surface area contributed by atoms with Gasteiger partial charge in [0.1, 0.15) is 0 Å². The van der Waals surface area contributed by atoms with Gasteiger partial charge >= 0.3 is 175 Å². The second-order valence-electron chi connectivity index (χ2n) is 6.71. The summed E-state index contributed by atoms with van der Waals surface area (Å²) in [5, 5.41) is 0. The van der Waals surface area contributed by atoms with Crippen molar-refractivity contribution in [2.75, 3.05) is 6.61 Å². The SMILES string of the molecule is CCCCCCC[O][Sn]([CH2]C(F)(F)C(F)(F)C(F)(F)F)[CH2]C(F)(F)C(F)(F)C(F)(F)F. The first-order chi connectivity index (χ1) is 13.6. The molecule has 31 heavy (non-hydrogen) atoms. The molecule has 0 aliphatic carbocycles. The van der Waals surface area contributed by atoms with Crippen molar-refractivity contribution in [2.24, 2.45) is 0 Å². The molecule has 0 aromatic heterocycles. The molecule has 1 radical (unpaired) electrons. The molecular weight excluding hydrogens is 581 g/mol. The van der Waals surface area contributed by atoms with E-state index in [1.54, 1.807) is 6.92 Å². The van der Waals surface area contributed by atoms with Gasteiger partial charge in [0, 0.05) is 0 Å².